The zero-order valence-electron chi connectivity index (χ0n) is 19.2. The van der Waals surface area contributed by atoms with Gasteiger partial charge in [-0.15, -0.1) is 0 Å². The summed E-state index contributed by atoms with van der Waals surface area (Å²) in [5.41, 5.74) is 3.67. The second-order valence-corrected chi connectivity index (χ2v) is 8.51. The van der Waals surface area contributed by atoms with Gasteiger partial charge in [0.2, 0.25) is 0 Å². The van der Waals surface area contributed by atoms with E-state index in [1.165, 1.54) is 0 Å². The van der Waals surface area contributed by atoms with Crippen LogP contribution in [0.3, 0.4) is 0 Å². The molecule has 2 aromatic rings. The predicted molar refractivity (Wildman–Crippen MR) is 126 cm³/mol. The monoisotopic (exact) mass is 460 g/mol. The van der Waals surface area contributed by atoms with Crippen LogP contribution in [0, 0.1) is 11.3 Å². The maximum absolute atomic E-state index is 13.2. The Hall–Kier alpha value is -3.90. The molecule has 34 heavy (non-hydrogen) atoms. The van der Waals surface area contributed by atoms with Crippen LogP contribution in [0.15, 0.2) is 54.6 Å². The fraction of sp³-hybridized carbons (Fsp3) is 0.360. The highest BCUT2D eigenvalue weighted by Gasteiger charge is 2.52. The van der Waals surface area contributed by atoms with Crippen molar-refractivity contribution in [3.63, 3.8) is 0 Å². The van der Waals surface area contributed by atoms with Crippen LogP contribution in [0.1, 0.15) is 30.9 Å². The highest BCUT2D eigenvalue weighted by Crippen LogP contribution is 2.31. The van der Waals surface area contributed by atoms with E-state index in [0.29, 0.717) is 24.1 Å². The number of amides is 4. The largest absolute Gasteiger partial charge is 0.370 e. The van der Waals surface area contributed by atoms with Gasteiger partial charge in [-0.2, -0.15) is 10.3 Å². The van der Waals surface area contributed by atoms with Crippen molar-refractivity contribution >= 4 is 23.5 Å². The molecule has 2 heterocycles. The first-order chi connectivity index (χ1) is 16.5. The van der Waals surface area contributed by atoms with Crippen molar-refractivity contribution in [2.24, 2.45) is 0 Å². The Morgan fingerprint density at radius 3 is 2.47 bits per heavy atom. The summed E-state index contributed by atoms with van der Waals surface area (Å²) in [6.45, 7) is 4.87. The van der Waals surface area contributed by atoms with Crippen molar-refractivity contribution < 1.29 is 14.4 Å². The minimum Gasteiger partial charge on any atom is -0.370 e. The summed E-state index contributed by atoms with van der Waals surface area (Å²) in [6, 6.07) is 18.0. The minimum atomic E-state index is -1.18. The van der Waals surface area contributed by atoms with E-state index in [4.69, 9.17) is 5.26 Å². The summed E-state index contributed by atoms with van der Waals surface area (Å²) in [6.07, 6.45) is 1.23. The number of nitrogens with zero attached hydrogens (tertiary/aromatic N) is 4. The smallest absolute Gasteiger partial charge is 0.344 e. The molecular weight excluding hydrogens is 432 g/mol. The Bertz CT molecular complexity index is 1100. The number of carbonyl (C=O) groups is 3. The normalized spacial score (nSPS) is 21.1. The summed E-state index contributed by atoms with van der Waals surface area (Å²) < 4.78 is 0. The van der Waals surface area contributed by atoms with Crippen LogP contribution in [0.5, 0.6) is 0 Å². The van der Waals surface area contributed by atoms with Gasteiger partial charge in [-0.05, 0) is 42.7 Å². The van der Waals surface area contributed by atoms with Gasteiger partial charge in [-0.25, -0.2) is 4.79 Å². The van der Waals surface area contributed by atoms with Gasteiger partial charge < -0.3 is 10.2 Å². The van der Waals surface area contributed by atoms with E-state index < -0.39 is 23.4 Å². The Kier molecular flexibility index (Phi) is 6.80. The van der Waals surface area contributed by atoms with Crippen LogP contribution in [0.4, 0.5) is 10.5 Å². The zero-order chi connectivity index (χ0) is 24.1. The molecule has 9 heteroatoms. The van der Waals surface area contributed by atoms with Gasteiger partial charge in [0.15, 0.2) is 0 Å². The lowest BCUT2D eigenvalue weighted by molar-refractivity contribution is -0.139. The molecule has 0 bridgehead atoms. The summed E-state index contributed by atoms with van der Waals surface area (Å²) in [5, 5.41) is 12.6. The Labute approximate surface area is 198 Å². The third kappa shape index (κ3) is 4.58. The summed E-state index contributed by atoms with van der Waals surface area (Å²) in [5.74, 6) is -0.891. The molecule has 0 aliphatic carbocycles. The molecule has 176 valence electrons. The van der Waals surface area contributed by atoms with E-state index in [0.717, 1.165) is 36.8 Å². The summed E-state index contributed by atoms with van der Waals surface area (Å²) in [4.78, 5) is 42.8. The summed E-state index contributed by atoms with van der Waals surface area (Å²) in [7, 11) is 0. The van der Waals surface area contributed by atoms with Crippen LogP contribution in [-0.4, -0.2) is 60.5 Å². The number of carbonyl (C=O) groups excluding carboxylic acids is 3. The van der Waals surface area contributed by atoms with Gasteiger partial charge in [0.05, 0.1) is 18.2 Å². The summed E-state index contributed by atoms with van der Waals surface area (Å²) >= 11 is 0. The Morgan fingerprint density at radius 2 is 1.79 bits per heavy atom. The lowest BCUT2D eigenvalue weighted by Crippen LogP contribution is -2.51. The number of hydrogen-bond acceptors (Lipinski definition) is 6. The van der Waals surface area contributed by atoms with E-state index in [1.54, 1.807) is 24.3 Å². The number of nitriles is 1. The van der Waals surface area contributed by atoms with Gasteiger partial charge >= 0.3 is 6.03 Å². The molecule has 2 fully saturated rings. The number of rotatable bonds is 6. The lowest BCUT2D eigenvalue weighted by atomic mass is 9.87. The molecule has 2 aliphatic rings. The average Bonchev–Trinajstić information content (AvgIpc) is 3.00. The molecule has 1 unspecified atom stereocenters. The second kappa shape index (κ2) is 9.93. The molecule has 0 aromatic heterocycles. The van der Waals surface area contributed by atoms with E-state index in [2.05, 4.69) is 21.7 Å². The van der Waals surface area contributed by atoms with Gasteiger partial charge in [0, 0.05) is 31.9 Å². The maximum Gasteiger partial charge on any atom is 0.344 e. The van der Waals surface area contributed by atoms with Gasteiger partial charge in [0.1, 0.15) is 5.54 Å². The number of hydrogen-bond donors (Lipinski definition) is 2. The molecule has 4 rings (SSSR count). The topological polar surface area (TPSA) is 109 Å². The molecule has 0 spiro atoms. The molecule has 9 nitrogen and oxygen atoms in total. The van der Waals surface area contributed by atoms with Gasteiger partial charge in [-0.3, -0.25) is 19.9 Å². The SMILES string of the molecule is CCC1(c2ccccc2)NC(=O)N(NC(=O)CN2CCCN(c3ccc(C#N)cc3)CC2)C1=O. The molecule has 2 aromatic carbocycles. The quantitative estimate of drug-likeness (QED) is 0.638. The number of urea groups is 1. The number of imide groups is 1. The molecule has 0 radical (unpaired) electrons. The first kappa shape index (κ1) is 23.3. The van der Waals surface area contributed by atoms with Crippen molar-refractivity contribution in [1.29, 1.82) is 5.26 Å². The van der Waals surface area contributed by atoms with Crippen LogP contribution < -0.4 is 15.6 Å². The standard InChI is InChI=1S/C25H28N6O3/c1-2-25(20-7-4-3-5-8-20)23(33)31(24(34)27-25)28-22(32)18-29-13-6-14-30(16-15-29)21-11-9-19(17-26)10-12-21/h3-5,7-12H,2,6,13-16,18H2,1H3,(H,27,34)(H,28,32). The number of hydrazine groups is 1. The molecule has 4 amide bonds. The molecule has 2 saturated heterocycles. The van der Waals surface area contributed by atoms with Crippen LogP contribution >= 0.6 is 0 Å². The molecule has 2 N–H and O–H groups in total. The van der Waals surface area contributed by atoms with Crippen LogP contribution in [0.25, 0.3) is 0 Å². The second-order valence-electron chi connectivity index (χ2n) is 8.51. The van der Waals surface area contributed by atoms with Crippen LogP contribution in [-0.2, 0) is 15.1 Å². The lowest BCUT2D eigenvalue weighted by Gasteiger charge is -2.26. The maximum atomic E-state index is 13.2. The van der Waals surface area contributed by atoms with Crippen molar-refractivity contribution in [3.05, 3.63) is 65.7 Å². The highest BCUT2D eigenvalue weighted by atomic mass is 16.2. The Morgan fingerprint density at radius 1 is 1.06 bits per heavy atom. The van der Waals surface area contributed by atoms with Gasteiger partial charge in [-0.1, -0.05) is 37.3 Å². The van der Waals surface area contributed by atoms with Gasteiger partial charge in [0.25, 0.3) is 11.8 Å². The minimum absolute atomic E-state index is 0.0860. The first-order valence-electron chi connectivity index (χ1n) is 11.5. The van der Waals surface area contributed by atoms with Crippen LogP contribution in [0.2, 0.25) is 0 Å². The van der Waals surface area contributed by atoms with Crippen molar-refractivity contribution in [3.8, 4) is 6.07 Å². The predicted octanol–water partition coefficient (Wildman–Crippen LogP) is 1.96. The number of anilines is 1. The van der Waals surface area contributed by atoms with E-state index >= 15 is 0 Å². The third-order valence-electron chi connectivity index (χ3n) is 6.44. The molecular formula is C25H28N6O3. The first-order valence-corrected chi connectivity index (χ1v) is 11.5. The fourth-order valence-electron chi connectivity index (χ4n) is 4.54. The average molecular weight is 461 g/mol. The van der Waals surface area contributed by atoms with Crippen molar-refractivity contribution in [2.75, 3.05) is 37.6 Å². The third-order valence-corrected chi connectivity index (χ3v) is 6.44. The molecule has 2 aliphatic heterocycles. The molecule has 1 atom stereocenters. The van der Waals surface area contributed by atoms with E-state index in [-0.39, 0.29) is 6.54 Å². The molecule has 0 saturated carbocycles. The number of nitrogens with one attached hydrogen (secondary N) is 2. The van der Waals surface area contributed by atoms with E-state index in [9.17, 15) is 14.4 Å². The fourth-order valence-corrected chi connectivity index (χ4v) is 4.54. The zero-order valence-corrected chi connectivity index (χ0v) is 19.2. The number of benzene rings is 2. The highest BCUT2D eigenvalue weighted by molar-refractivity contribution is 6.08. The Balaban J connectivity index is 1.36. The van der Waals surface area contributed by atoms with Crippen molar-refractivity contribution in [2.45, 2.75) is 25.3 Å². The van der Waals surface area contributed by atoms with E-state index in [1.807, 2.05) is 42.2 Å². The van der Waals surface area contributed by atoms with Crippen molar-refractivity contribution in [1.82, 2.24) is 20.7 Å².